The number of carbonyl (C=O) groups is 2. The zero-order valence-corrected chi connectivity index (χ0v) is 18.1. The van der Waals surface area contributed by atoms with E-state index in [-0.39, 0.29) is 42.8 Å². The second-order valence-corrected chi connectivity index (χ2v) is 7.62. The minimum absolute atomic E-state index is 0.118. The maximum absolute atomic E-state index is 13.4. The molecule has 0 saturated heterocycles. The third-order valence-electron chi connectivity index (χ3n) is 4.97. The third kappa shape index (κ3) is 4.58. The van der Waals surface area contributed by atoms with Crippen molar-refractivity contribution < 1.29 is 24.0 Å². The Hall–Kier alpha value is -3.43. The summed E-state index contributed by atoms with van der Waals surface area (Å²) in [6.07, 6.45) is 0. The predicted molar refractivity (Wildman–Crippen MR) is 115 cm³/mol. The highest BCUT2D eigenvalue weighted by Crippen LogP contribution is 2.30. The molecule has 2 heterocycles. The van der Waals surface area contributed by atoms with Crippen LogP contribution in [0.3, 0.4) is 0 Å². The summed E-state index contributed by atoms with van der Waals surface area (Å²) < 4.78 is 10.3. The number of ether oxygens (including phenoxy) is 1. The Kier molecular flexibility index (Phi) is 6.38. The van der Waals surface area contributed by atoms with E-state index in [1.54, 1.807) is 30.0 Å². The van der Waals surface area contributed by atoms with Gasteiger partial charge in [0.25, 0.3) is 5.91 Å². The van der Waals surface area contributed by atoms with Gasteiger partial charge in [-0.05, 0) is 29.8 Å². The van der Waals surface area contributed by atoms with E-state index in [0.717, 1.165) is 5.56 Å². The molecular formula is C22H21ClN4O5. The summed E-state index contributed by atoms with van der Waals surface area (Å²) >= 11 is 6.35. The monoisotopic (exact) mass is 456 g/mol. The zero-order valence-electron chi connectivity index (χ0n) is 17.3. The first-order valence-electron chi connectivity index (χ1n) is 9.96. The molecule has 32 heavy (non-hydrogen) atoms. The number of amides is 2. The molecule has 0 saturated carbocycles. The van der Waals surface area contributed by atoms with Crippen molar-refractivity contribution in [2.75, 3.05) is 24.7 Å². The molecule has 0 spiro atoms. The van der Waals surface area contributed by atoms with Crippen LogP contribution >= 0.6 is 11.6 Å². The fraction of sp³-hybridized carbons (Fsp3) is 0.273. The number of anilines is 1. The smallest absolute Gasteiger partial charge is 0.260 e. The van der Waals surface area contributed by atoms with Gasteiger partial charge in [-0.3, -0.25) is 14.5 Å². The van der Waals surface area contributed by atoms with Crippen molar-refractivity contribution in [2.24, 2.45) is 0 Å². The lowest BCUT2D eigenvalue weighted by molar-refractivity contribution is -0.130. The van der Waals surface area contributed by atoms with Gasteiger partial charge in [-0.25, -0.2) is 0 Å². The van der Waals surface area contributed by atoms with Crippen LogP contribution in [0.4, 0.5) is 5.69 Å². The number of halogens is 1. The van der Waals surface area contributed by atoms with Crippen LogP contribution in [0.2, 0.25) is 5.02 Å². The van der Waals surface area contributed by atoms with E-state index in [1.165, 1.54) is 11.0 Å². The van der Waals surface area contributed by atoms with Gasteiger partial charge in [-0.1, -0.05) is 35.0 Å². The van der Waals surface area contributed by atoms with Crippen molar-refractivity contribution in [3.8, 4) is 5.75 Å². The molecule has 0 bridgehead atoms. The Balaban J connectivity index is 1.63. The van der Waals surface area contributed by atoms with Gasteiger partial charge in [0.2, 0.25) is 11.8 Å². The zero-order chi connectivity index (χ0) is 22.7. The lowest BCUT2D eigenvalue weighted by Gasteiger charge is -2.23. The standard InChI is InChI=1S/C22H21ClN4O5/c1-14-24-20(25-32-14)12-26-11-15-4-2-3-5-19(15)27(13-21(26)29)22(30)17-7-6-16(10-18(17)23)31-9-8-28/h2-7,10,28H,8-9,11-13H2,1H3. The van der Waals surface area contributed by atoms with Gasteiger partial charge >= 0.3 is 0 Å². The first-order chi connectivity index (χ1) is 15.5. The fourth-order valence-electron chi connectivity index (χ4n) is 3.49. The molecule has 1 aromatic heterocycles. The number of aromatic nitrogens is 2. The number of para-hydroxylation sites is 1. The van der Waals surface area contributed by atoms with Gasteiger partial charge < -0.3 is 19.3 Å². The molecule has 0 fully saturated rings. The SMILES string of the molecule is Cc1nc(CN2Cc3ccccc3N(C(=O)c3ccc(OCCO)cc3Cl)CC2=O)no1. The Morgan fingerprint density at radius 3 is 2.78 bits per heavy atom. The number of nitrogens with zero attached hydrogens (tertiary/aromatic N) is 4. The first-order valence-corrected chi connectivity index (χ1v) is 10.3. The van der Waals surface area contributed by atoms with Gasteiger partial charge in [0, 0.05) is 19.2 Å². The van der Waals surface area contributed by atoms with Gasteiger partial charge in [0.05, 0.1) is 23.7 Å². The number of benzene rings is 2. The highest BCUT2D eigenvalue weighted by molar-refractivity contribution is 6.34. The second kappa shape index (κ2) is 9.37. The average molecular weight is 457 g/mol. The van der Waals surface area contributed by atoms with Crippen LogP contribution in [0.5, 0.6) is 5.75 Å². The van der Waals surface area contributed by atoms with Gasteiger partial charge in [0.15, 0.2) is 5.82 Å². The van der Waals surface area contributed by atoms with Gasteiger partial charge in [-0.2, -0.15) is 4.98 Å². The molecule has 166 valence electrons. The van der Waals surface area contributed by atoms with Crippen molar-refractivity contribution in [3.63, 3.8) is 0 Å². The van der Waals surface area contributed by atoms with Crippen LogP contribution in [-0.4, -0.2) is 51.7 Å². The lowest BCUT2D eigenvalue weighted by Crippen LogP contribution is -2.40. The number of aliphatic hydroxyl groups is 1. The molecule has 4 rings (SSSR count). The fourth-order valence-corrected chi connectivity index (χ4v) is 3.74. The van der Waals surface area contributed by atoms with Crippen molar-refractivity contribution in [1.82, 2.24) is 15.0 Å². The summed E-state index contributed by atoms with van der Waals surface area (Å²) in [6.45, 7) is 1.97. The molecule has 9 nitrogen and oxygen atoms in total. The minimum atomic E-state index is -0.401. The second-order valence-electron chi connectivity index (χ2n) is 7.21. The number of rotatable bonds is 6. The van der Waals surface area contributed by atoms with Crippen molar-refractivity contribution in [3.05, 3.63) is 70.3 Å². The first kappa shape index (κ1) is 21.8. The normalized spacial score (nSPS) is 13.7. The van der Waals surface area contributed by atoms with E-state index >= 15 is 0 Å². The minimum Gasteiger partial charge on any atom is -0.491 e. The van der Waals surface area contributed by atoms with Gasteiger partial charge in [0.1, 0.15) is 18.9 Å². The van der Waals surface area contributed by atoms with E-state index in [0.29, 0.717) is 29.7 Å². The molecule has 3 aromatic rings. The Labute approximate surface area is 189 Å². The van der Waals surface area contributed by atoms with Crippen molar-refractivity contribution >= 4 is 29.1 Å². The number of hydrogen-bond acceptors (Lipinski definition) is 7. The lowest BCUT2D eigenvalue weighted by atomic mass is 10.1. The van der Waals surface area contributed by atoms with E-state index in [2.05, 4.69) is 10.1 Å². The van der Waals surface area contributed by atoms with Crippen LogP contribution in [0, 0.1) is 6.92 Å². The molecule has 1 aliphatic heterocycles. The quantitative estimate of drug-likeness (QED) is 0.607. The van der Waals surface area contributed by atoms with Crippen molar-refractivity contribution in [1.29, 1.82) is 0 Å². The molecule has 1 N–H and O–H groups in total. The number of carbonyl (C=O) groups excluding carboxylic acids is 2. The molecule has 2 aromatic carbocycles. The highest BCUT2D eigenvalue weighted by Gasteiger charge is 2.31. The largest absolute Gasteiger partial charge is 0.491 e. The van der Waals surface area contributed by atoms with E-state index < -0.39 is 5.91 Å². The highest BCUT2D eigenvalue weighted by atomic mass is 35.5. The average Bonchev–Trinajstić information content (AvgIpc) is 3.13. The maximum Gasteiger partial charge on any atom is 0.260 e. The van der Waals surface area contributed by atoms with E-state index in [4.69, 9.17) is 26.0 Å². The van der Waals surface area contributed by atoms with Crippen LogP contribution in [0.25, 0.3) is 0 Å². The number of fused-ring (bicyclic) bond motifs is 1. The molecular weight excluding hydrogens is 436 g/mol. The Morgan fingerprint density at radius 1 is 1.25 bits per heavy atom. The number of aliphatic hydroxyl groups excluding tert-OH is 1. The third-order valence-corrected chi connectivity index (χ3v) is 5.28. The molecule has 0 unspecified atom stereocenters. The summed E-state index contributed by atoms with van der Waals surface area (Å²) in [5.41, 5.74) is 1.69. The van der Waals surface area contributed by atoms with Crippen LogP contribution in [0.15, 0.2) is 47.0 Å². The number of hydrogen-bond donors (Lipinski definition) is 1. The maximum atomic E-state index is 13.4. The molecule has 0 atom stereocenters. The summed E-state index contributed by atoms with van der Waals surface area (Å²) in [5.74, 6) is 0.600. The Morgan fingerprint density at radius 2 is 2.06 bits per heavy atom. The summed E-state index contributed by atoms with van der Waals surface area (Å²) in [6, 6.07) is 12.0. The van der Waals surface area contributed by atoms with Crippen LogP contribution in [0.1, 0.15) is 27.6 Å². The summed E-state index contributed by atoms with van der Waals surface area (Å²) in [4.78, 5) is 33.7. The molecule has 2 amide bonds. The van der Waals surface area contributed by atoms with Crippen LogP contribution < -0.4 is 9.64 Å². The van der Waals surface area contributed by atoms with Crippen molar-refractivity contribution in [2.45, 2.75) is 20.0 Å². The van der Waals surface area contributed by atoms with Gasteiger partial charge in [-0.15, -0.1) is 0 Å². The summed E-state index contributed by atoms with van der Waals surface area (Å²) in [5, 5.41) is 13.0. The Bertz CT molecular complexity index is 1150. The van der Waals surface area contributed by atoms with Crippen LogP contribution in [-0.2, 0) is 17.9 Å². The van der Waals surface area contributed by atoms with E-state index in [1.807, 2.05) is 18.2 Å². The predicted octanol–water partition coefficient (Wildman–Crippen LogP) is 2.59. The van der Waals surface area contributed by atoms with E-state index in [9.17, 15) is 9.59 Å². The molecule has 1 aliphatic rings. The molecule has 0 radical (unpaired) electrons. The molecule has 10 heteroatoms. The topological polar surface area (TPSA) is 109 Å². The molecule has 0 aliphatic carbocycles. The number of aryl methyl sites for hydroxylation is 1. The summed E-state index contributed by atoms with van der Waals surface area (Å²) in [7, 11) is 0.